The predicted octanol–water partition coefficient (Wildman–Crippen LogP) is 5.15. The van der Waals surface area contributed by atoms with Gasteiger partial charge >= 0.3 is 12.8 Å². The van der Waals surface area contributed by atoms with Gasteiger partial charge in [0.05, 0.1) is 17.3 Å². The van der Waals surface area contributed by atoms with Gasteiger partial charge in [0.1, 0.15) is 17.3 Å². The molecule has 0 aliphatic carbocycles. The average molecular weight is 386 g/mol. The van der Waals surface area contributed by atoms with Gasteiger partial charge in [0, 0.05) is 6.42 Å². The molecule has 0 saturated heterocycles. The molecule has 146 valence electrons. The summed E-state index contributed by atoms with van der Waals surface area (Å²) in [6.07, 6.45) is 2.51. The van der Waals surface area contributed by atoms with Crippen LogP contribution in [0.2, 0.25) is 0 Å². The lowest BCUT2D eigenvalue weighted by Crippen LogP contribution is -2.34. The first kappa shape index (κ1) is 20.7. The molecule has 1 aromatic carbocycles. The molecule has 0 atom stereocenters. The Bertz CT molecular complexity index is 847. The minimum Gasteiger partial charge on any atom is -0.433 e. The van der Waals surface area contributed by atoms with Crippen LogP contribution in [0.15, 0.2) is 24.4 Å². The van der Waals surface area contributed by atoms with Gasteiger partial charge in [-0.05, 0) is 24.1 Å². The first-order chi connectivity index (χ1) is 12.5. The first-order valence-corrected chi connectivity index (χ1v) is 8.18. The third kappa shape index (κ3) is 4.41. The molecule has 0 amide bonds. The second kappa shape index (κ2) is 7.59. The summed E-state index contributed by atoms with van der Waals surface area (Å²) in [5.41, 5.74) is -1.28. The zero-order valence-corrected chi connectivity index (χ0v) is 15.1. The number of rotatable bonds is 6. The van der Waals surface area contributed by atoms with Crippen LogP contribution in [0.4, 0.5) is 22.0 Å². The van der Waals surface area contributed by atoms with E-state index >= 15 is 0 Å². The summed E-state index contributed by atoms with van der Waals surface area (Å²) in [7, 11) is 0. The van der Waals surface area contributed by atoms with Crippen LogP contribution in [0.3, 0.4) is 0 Å². The molecular weight excluding hydrogens is 367 g/mol. The molecule has 2 aromatic rings. The molecule has 0 fully saturated rings. The highest BCUT2D eigenvalue weighted by atomic mass is 19.4. The number of alkyl halides is 5. The van der Waals surface area contributed by atoms with Crippen LogP contribution in [0, 0.1) is 17.8 Å². The van der Waals surface area contributed by atoms with E-state index in [1.807, 2.05) is 6.92 Å². The van der Waals surface area contributed by atoms with E-state index in [2.05, 4.69) is 15.6 Å². The van der Waals surface area contributed by atoms with Crippen molar-refractivity contribution in [3.05, 3.63) is 41.5 Å². The van der Waals surface area contributed by atoms with Gasteiger partial charge in [0.25, 0.3) is 0 Å². The third-order valence-electron chi connectivity index (χ3n) is 4.19. The molecule has 0 unspecified atom stereocenters. The molecule has 0 aliphatic heterocycles. The summed E-state index contributed by atoms with van der Waals surface area (Å²) in [5.74, 6) is 2.67. The maximum atomic E-state index is 13.1. The molecule has 0 bridgehead atoms. The van der Waals surface area contributed by atoms with Crippen molar-refractivity contribution in [2.75, 3.05) is 0 Å². The summed E-state index contributed by atoms with van der Waals surface area (Å²) >= 11 is 0. The Balaban J connectivity index is 2.55. The van der Waals surface area contributed by atoms with E-state index in [1.54, 1.807) is 0 Å². The van der Waals surface area contributed by atoms with E-state index in [-0.39, 0.29) is 23.4 Å². The summed E-state index contributed by atoms with van der Waals surface area (Å²) in [4.78, 5) is 4.14. The molecule has 8 heteroatoms. The Morgan fingerprint density at radius 2 is 1.93 bits per heavy atom. The van der Waals surface area contributed by atoms with Crippen LogP contribution in [0.5, 0.6) is 5.75 Å². The van der Waals surface area contributed by atoms with Crippen LogP contribution < -0.4 is 4.74 Å². The predicted molar refractivity (Wildman–Crippen MR) is 91.0 cm³/mol. The van der Waals surface area contributed by atoms with Gasteiger partial charge in [-0.1, -0.05) is 32.8 Å². The van der Waals surface area contributed by atoms with Gasteiger partial charge in [-0.25, -0.2) is 4.98 Å². The maximum absolute atomic E-state index is 13.1. The van der Waals surface area contributed by atoms with Gasteiger partial charge in [-0.15, -0.1) is 6.42 Å². The van der Waals surface area contributed by atoms with Gasteiger partial charge in [0.15, 0.2) is 0 Å². The van der Waals surface area contributed by atoms with Crippen molar-refractivity contribution < 1.29 is 26.7 Å². The van der Waals surface area contributed by atoms with Crippen molar-refractivity contribution in [3.8, 4) is 23.8 Å². The molecule has 0 N–H and O–H groups in total. The summed E-state index contributed by atoms with van der Waals surface area (Å²) in [5, 5.41) is 0. The van der Waals surface area contributed by atoms with E-state index in [1.165, 1.54) is 29.0 Å². The summed E-state index contributed by atoms with van der Waals surface area (Å²) in [6, 6.07) is 4.05. The number of halogens is 5. The van der Waals surface area contributed by atoms with E-state index in [0.29, 0.717) is 17.9 Å². The lowest BCUT2D eigenvalue weighted by molar-refractivity contribution is -0.211. The number of imidazole rings is 1. The molecule has 0 spiro atoms. The average Bonchev–Trinajstić information content (AvgIpc) is 2.96. The Morgan fingerprint density at radius 3 is 2.44 bits per heavy atom. The SMILES string of the molecule is C#Cc1cnc(CC)n1-c1ccc(CC(C)(C)C(F)(F)F)cc1OC(F)F. The normalized spacial score (nSPS) is 12.3. The molecule has 3 nitrogen and oxygen atoms in total. The highest BCUT2D eigenvalue weighted by molar-refractivity contribution is 5.52. The van der Waals surface area contributed by atoms with Crippen molar-refractivity contribution >= 4 is 0 Å². The Morgan fingerprint density at radius 1 is 1.26 bits per heavy atom. The van der Waals surface area contributed by atoms with Crippen LogP contribution >= 0.6 is 0 Å². The van der Waals surface area contributed by atoms with Crippen molar-refractivity contribution in [1.82, 2.24) is 9.55 Å². The topological polar surface area (TPSA) is 27.1 Å². The fourth-order valence-electron chi connectivity index (χ4n) is 2.66. The standard InChI is InChI=1S/C19H19F5N2O/c1-5-13-11-25-16(6-2)26(13)14-8-7-12(9-15(14)27-17(20)21)10-18(3,4)19(22,23)24/h1,7-9,11,17H,6,10H2,2-4H3. The number of ether oxygens (including phenoxy) is 1. The van der Waals surface area contributed by atoms with E-state index in [0.717, 1.165) is 13.8 Å². The van der Waals surface area contributed by atoms with Crippen LogP contribution in [0.25, 0.3) is 5.69 Å². The molecule has 27 heavy (non-hydrogen) atoms. The molecule has 1 heterocycles. The van der Waals surface area contributed by atoms with Crippen LogP contribution in [-0.2, 0) is 12.8 Å². The quantitative estimate of drug-likeness (QED) is 0.507. The second-order valence-electron chi connectivity index (χ2n) is 6.63. The number of hydrogen-bond acceptors (Lipinski definition) is 2. The molecule has 1 aromatic heterocycles. The zero-order valence-electron chi connectivity index (χ0n) is 15.1. The Labute approximate surface area is 154 Å². The molecule has 0 saturated carbocycles. The van der Waals surface area contributed by atoms with Gasteiger partial charge in [0.2, 0.25) is 0 Å². The monoisotopic (exact) mass is 386 g/mol. The minimum atomic E-state index is -4.44. The fraction of sp³-hybridized carbons (Fsp3) is 0.421. The van der Waals surface area contributed by atoms with Crippen LogP contribution in [-0.4, -0.2) is 22.3 Å². The highest BCUT2D eigenvalue weighted by Crippen LogP contribution is 2.41. The van der Waals surface area contributed by atoms with Gasteiger partial charge in [-0.3, -0.25) is 4.57 Å². The van der Waals surface area contributed by atoms with E-state index < -0.39 is 18.2 Å². The van der Waals surface area contributed by atoms with E-state index in [4.69, 9.17) is 6.42 Å². The number of benzene rings is 1. The van der Waals surface area contributed by atoms with Crippen molar-refractivity contribution in [2.24, 2.45) is 5.41 Å². The van der Waals surface area contributed by atoms with E-state index in [9.17, 15) is 22.0 Å². The summed E-state index contributed by atoms with van der Waals surface area (Å²) < 4.78 is 71.3. The zero-order chi connectivity index (χ0) is 20.4. The number of terminal acetylenes is 1. The largest absolute Gasteiger partial charge is 0.433 e. The fourth-order valence-corrected chi connectivity index (χ4v) is 2.66. The minimum absolute atomic E-state index is 0.200. The first-order valence-electron chi connectivity index (χ1n) is 8.18. The highest BCUT2D eigenvalue weighted by Gasteiger charge is 2.47. The van der Waals surface area contributed by atoms with Crippen molar-refractivity contribution in [3.63, 3.8) is 0 Å². The number of nitrogens with zero attached hydrogens (tertiary/aromatic N) is 2. The Hall–Kier alpha value is -2.56. The second-order valence-corrected chi connectivity index (χ2v) is 6.63. The van der Waals surface area contributed by atoms with Gasteiger partial charge in [-0.2, -0.15) is 22.0 Å². The van der Waals surface area contributed by atoms with Gasteiger partial charge < -0.3 is 4.74 Å². The smallest absolute Gasteiger partial charge is 0.394 e. The molecule has 2 rings (SSSR count). The maximum Gasteiger partial charge on any atom is 0.394 e. The Kier molecular flexibility index (Phi) is 5.83. The third-order valence-corrected chi connectivity index (χ3v) is 4.19. The molecular formula is C19H19F5N2O. The number of aryl methyl sites for hydroxylation is 1. The van der Waals surface area contributed by atoms with Crippen molar-refractivity contribution in [2.45, 2.75) is 46.4 Å². The lowest BCUT2D eigenvalue weighted by atomic mass is 9.85. The number of hydrogen-bond donors (Lipinski definition) is 0. The lowest BCUT2D eigenvalue weighted by Gasteiger charge is -2.28. The van der Waals surface area contributed by atoms with Crippen molar-refractivity contribution in [1.29, 1.82) is 0 Å². The van der Waals surface area contributed by atoms with Crippen LogP contribution in [0.1, 0.15) is 37.9 Å². The molecule has 0 radical (unpaired) electrons. The summed E-state index contributed by atoms with van der Waals surface area (Å²) in [6.45, 7) is 0.775. The molecule has 0 aliphatic rings. The number of aromatic nitrogens is 2.